The summed E-state index contributed by atoms with van der Waals surface area (Å²) < 4.78 is 5.49. The van der Waals surface area contributed by atoms with Crippen molar-refractivity contribution in [2.24, 2.45) is 0 Å². The van der Waals surface area contributed by atoms with Crippen molar-refractivity contribution in [3.8, 4) is 0 Å². The molecule has 0 aliphatic heterocycles. The van der Waals surface area contributed by atoms with Crippen molar-refractivity contribution >= 4 is 11.9 Å². The van der Waals surface area contributed by atoms with Gasteiger partial charge in [0.05, 0.1) is 25.4 Å². The van der Waals surface area contributed by atoms with Crippen LogP contribution in [-0.2, 0) is 14.3 Å². The molecule has 0 aliphatic carbocycles. The monoisotopic (exact) mass is 1170 g/mol. The first-order valence-corrected chi connectivity index (χ1v) is 38.4. The van der Waals surface area contributed by atoms with Gasteiger partial charge in [-0.05, 0) is 51.4 Å². The zero-order chi connectivity index (χ0) is 59.9. The average molecular weight is 1170 g/mol. The molecule has 6 nitrogen and oxygen atoms in total. The molecule has 1 amide bonds. The summed E-state index contributed by atoms with van der Waals surface area (Å²) in [5.74, 6) is -0.00596. The van der Waals surface area contributed by atoms with E-state index in [1.165, 1.54) is 372 Å². The summed E-state index contributed by atoms with van der Waals surface area (Å²) in [7, 11) is 0. The van der Waals surface area contributed by atoms with Gasteiger partial charge in [-0.1, -0.05) is 392 Å². The van der Waals surface area contributed by atoms with Gasteiger partial charge in [0.25, 0.3) is 0 Å². The van der Waals surface area contributed by atoms with Crippen molar-refractivity contribution in [1.82, 2.24) is 5.32 Å². The average Bonchev–Trinajstić information content (AvgIpc) is 3.49. The highest BCUT2D eigenvalue weighted by molar-refractivity contribution is 5.76. The van der Waals surface area contributed by atoms with Crippen LogP contribution in [0.4, 0.5) is 0 Å². The summed E-state index contributed by atoms with van der Waals surface area (Å²) in [6.45, 7) is 5.01. The third kappa shape index (κ3) is 69.6. The molecule has 3 N–H and O–H groups in total. The quantitative estimate of drug-likeness (QED) is 0.0320. The Morgan fingerprint density at radius 1 is 0.325 bits per heavy atom. The number of carbonyl (C=O) groups excluding carboxylic acids is 2. The number of aliphatic hydroxyl groups is 2. The summed E-state index contributed by atoms with van der Waals surface area (Å²) in [5.41, 5.74) is 0. The van der Waals surface area contributed by atoms with Crippen LogP contribution in [0.15, 0.2) is 12.2 Å². The van der Waals surface area contributed by atoms with E-state index in [9.17, 15) is 19.8 Å². The molecule has 0 saturated carbocycles. The minimum absolute atomic E-state index is 0.0209. The number of allylic oxidation sites excluding steroid dienone is 2. The Morgan fingerprint density at radius 3 is 0.855 bits per heavy atom. The summed E-state index contributed by atoms with van der Waals surface area (Å²) in [6, 6.07) is -0.540. The molecule has 0 bridgehead atoms. The highest BCUT2D eigenvalue weighted by atomic mass is 16.5. The molecule has 2 unspecified atom stereocenters. The lowest BCUT2D eigenvalue weighted by molar-refractivity contribution is -0.143. The molecule has 0 saturated heterocycles. The van der Waals surface area contributed by atoms with E-state index in [0.717, 1.165) is 38.5 Å². The Hall–Kier alpha value is -1.40. The normalized spacial score (nSPS) is 12.5. The van der Waals surface area contributed by atoms with Gasteiger partial charge in [-0.3, -0.25) is 9.59 Å². The Balaban J connectivity index is 3.35. The molecule has 0 radical (unpaired) electrons. The number of hydrogen-bond donors (Lipinski definition) is 3. The van der Waals surface area contributed by atoms with Crippen molar-refractivity contribution in [3.63, 3.8) is 0 Å². The topological polar surface area (TPSA) is 95.9 Å². The molecule has 83 heavy (non-hydrogen) atoms. The number of carbonyl (C=O) groups is 2. The second kappa shape index (κ2) is 73.1. The lowest BCUT2D eigenvalue weighted by atomic mass is 10.0. The largest absolute Gasteiger partial charge is 0.466 e. The summed E-state index contributed by atoms with van der Waals surface area (Å²) in [5, 5.41) is 23.4. The van der Waals surface area contributed by atoms with Crippen LogP contribution < -0.4 is 5.32 Å². The van der Waals surface area contributed by atoms with Crippen LogP contribution in [0.5, 0.6) is 0 Å². The van der Waals surface area contributed by atoms with Gasteiger partial charge < -0.3 is 20.3 Å². The summed E-state index contributed by atoms with van der Waals surface area (Å²) in [6.07, 6.45) is 91.5. The minimum Gasteiger partial charge on any atom is -0.466 e. The predicted molar refractivity (Wildman–Crippen MR) is 366 cm³/mol. The molecule has 0 spiro atoms. The molecule has 6 heteroatoms. The summed E-state index contributed by atoms with van der Waals surface area (Å²) >= 11 is 0. The van der Waals surface area contributed by atoms with Crippen LogP contribution in [0.1, 0.15) is 444 Å². The predicted octanol–water partition coefficient (Wildman–Crippen LogP) is 25.1. The van der Waals surface area contributed by atoms with Crippen LogP contribution >= 0.6 is 0 Å². The van der Waals surface area contributed by atoms with E-state index >= 15 is 0 Å². The molecule has 0 fully saturated rings. The highest BCUT2D eigenvalue weighted by Gasteiger charge is 2.20. The fraction of sp³-hybridized carbons (Fsp3) is 0.948. The Morgan fingerprint density at radius 2 is 0.566 bits per heavy atom. The Bertz CT molecular complexity index is 1260. The van der Waals surface area contributed by atoms with Crippen LogP contribution in [0.2, 0.25) is 0 Å². The molecule has 0 aliphatic rings. The molecule has 494 valence electrons. The maximum absolute atomic E-state index is 12.6. The maximum atomic E-state index is 12.6. The smallest absolute Gasteiger partial charge is 0.305 e. The van der Waals surface area contributed by atoms with Crippen molar-refractivity contribution in [1.29, 1.82) is 0 Å². The molecular weight excluding hydrogens is 1020 g/mol. The number of ether oxygens (including phenoxy) is 1. The number of nitrogens with one attached hydrogen (secondary N) is 1. The standard InChI is InChI=1S/C77H151NO5/c1-3-5-7-9-11-13-15-17-18-19-20-33-36-39-42-46-49-53-57-61-65-69-75(80)74(73-79)78-76(81)70-66-62-58-54-50-47-43-40-37-34-31-29-27-25-23-21-22-24-26-28-30-32-35-38-41-44-48-52-56-60-64-68-72-83-77(82)71-67-63-59-55-51-45-16-14-12-10-8-6-4-2/h24,26,74-75,79-80H,3-23,25,27-73H2,1-2H3,(H,78,81)/b26-24-. The number of unbranched alkanes of at least 4 members (excludes halogenated alkanes) is 60. The van der Waals surface area contributed by atoms with Crippen LogP contribution in [-0.4, -0.2) is 47.4 Å². The first-order valence-electron chi connectivity index (χ1n) is 38.4. The fourth-order valence-corrected chi connectivity index (χ4v) is 12.5. The van der Waals surface area contributed by atoms with Crippen molar-refractivity contribution in [2.45, 2.75) is 456 Å². The van der Waals surface area contributed by atoms with Gasteiger partial charge in [-0.2, -0.15) is 0 Å². The van der Waals surface area contributed by atoms with E-state index in [2.05, 4.69) is 31.3 Å². The molecular formula is C77H151NO5. The minimum atomic E-state index is -0.663. The van der Waals surface area contributed by atoms with Crippen LogP contribution in [0.25, 0.3) is 0 Å². The molecule has 0 aromatic heterocycles. The lowest BCUT2D eigenvalue weighted by Crippen LogP contribution is -2.45. The number of esters is 1. The van der Waals surface area contributed by atoms with Crippen molar-refractivity contribution in [2.75, 3.05) is 13.2 Å². The summed E-state index contributed by atoms with van der Waals surface area (Å²) in [4.78, 5) is 24.6. The van der Waals surface area contributed by atoms with Crippen LogP contribution in [0.3, 0.4) is 0 Å². The third-order valence-corrected chi connectivity index (χ3v) is 18.3. The molecule has 0 aromatic rings. The SMILES string of the molecule is CCCCCCCCCCCCCCCCCCCCCCCC(O)C(CO)NC(=O)CCCCCCCCCCCCCCCCCC/C=C\CCCCCCCCCCCCCCOC(=O)CCCCCCCCCCCCCCC. The molecule has 0 rings (SSSR count). The van der Waals surface area contributed by atoms with E-state index in [4.69, 9.17) is 4.74 Å². The second-order valence-electron chi connectivity index (χ2n) is 26.7. The zero-order valence-electron chi connectivity index (χ0n) is 56.7. The van der Waals surface area contributed by atoms with Gasteiger partial charge in [0, 0.05) is 12.8 Å². The zero-order valence-corrected chi connectivity index (χ0v) is 56.7. The number of rotatable bonds is 73. The van der Waals surface area contributed by atoms with E-state index in [-0.39, 0.29) is 18.5 Å². The third-order valence-electron chi connectivity index (χ3n) is 18.3. The van der Waals surface area contributed by atoms with Gasteiger partial charge in [-0.25, -0.2) is 0 Å². The van der Waals surface area contributed by atoms with Gasteiger partial charge >= 0.3 is 5.97 Å². The maximum Gasteiger partial charge on any atom is 0.305 e. The first-order chi connectivity index (χ1) is 41.0. The van der Waals surface area contributed by atoms with Crippen molar-refractivity contribution < 1.29 is 24.5 Å². The second-order valence-corrected chi connectivity index (χ2v) is 26.7. The van der Waals surface area contributed by atoms with E-state index in [1.54, 1.807) is 0 Å². The fourth-order valence-electron chi connectivity index (χ4n) is 12.5. The number of aliphatic hydroxyl groups excluding tert-OH is 2. The number of amides is 1. The first kappa shape index (κ1) is 81.6. The van der Waals surface area contributed by atoms with Gasteiger partial charge in [0.15, 0.2) is 0 Å². The van der Waals surface area contributed by atoms with E-state index in [1.807, 2.05) is 0 Å². The van der Waals surface area contributed by atoms with Gasteiger partial charge in [0.2, 0.25) is 5.91 Å². The molecule has 0 aromatic carbocycles. The molecule has 2 atom stereocenters. The van der Waals surface area contributed by atoms with Crippen LogP contribution in [0, 0.1) is 0 Å². The Labute approximate surface area is 520 Å². The van der Waals surface area contributed by atoms with E-state index in [0.29, 0.717) is 25.9 Å². The molecule has 0 heterocycles. The van der Waals surface area contributed by atoms with Gasteiger partial charge in [-0.15, -0.1) is 0 Å². The Kier molecular flexibility index (Phi) is 71.8. The highest BCUT2D eigenvalue weighted by Crippen LogP contribution is 2.20. The van der Waals surface area contributed by atoms with Gasteiger partial charge in [0.1, 0.15) is 0 Å². The number of hydrogen-bond acceptors (Lipinski definition) is 5. The lowest BCUT2D eigenvalue weighted by Gasteiger charge is -2.22. The van der Waals surface area contributed by atoms with E-state index < -0.39 is 12.1 Å². The van der Waals surface area contributed by atoms with Crippen molar-refractivity contribution in [3.05, 3.63) is 12.2 Å².